The quantitative estimate of drug-likeness (QED) is 0.806. The summed E-state index contributed by atoms with van der Waals surface area (Å²) in [6.07, 6.45) is 0. The number of aromatic nitrogens is 1. The molecule has 0 spiro atoms. The van der Waals surface area contributed by atoms with Gasteiger partial charge in [0.05, 0.1) is 0 Å². The van der Waals surface area contributed by atoms with Crippen LogP contribution in [-0.4, -0.2) is 14.7 Å². The summed E-state index contributed by atoms with van der Waals surface area (Å²) in [6.45, 7) is 0. The molecule has 1 amide bonds. The number of nitrogens with zero attached hydrogens (tertiary/aromatic N) is 1. The Morgan fingerprint density at radius 3 is 2.62 bits per heavy atom. The Labute approximate surface area is 102 Å². The zero-order valence-corrected chi connectivity index (χ0v) is 10.5. The Morgan fingerprint density at radius 1 is 1.62 bits per heavy atom. The average Bonchev–Trinajstić information content (AvgIpc) is 2.33. The molecule has 0 fully saturated rings. The van der Waals surface area contributed by atoms with E-state index in [0.717, 1.165) is 0 Å². The number of hydrogen-bond acceptors (Lipinski definition) is 3. The highest BCUT2D eigenvalue weighted by Crippen LogP contribution is 2.28. The van der Waals surface area contributed by atoms with E-state index in [1.807, 2.05) is 0 Å². The second-order valence-corrected chi connectivity index (χ2v) is 6.35. The minimum absolute atomic E-state index is 0.355. The maximum Gasteiger partial charge on any atom is 0.277 e. The molecule has 0 aliphatic carbocycles. The monoisotopic (exact) mass is 322 g/mol. The van der Waals surface area contributed by atoms with Crippen molar-refractivity contribution in [3.05, 3.63) is 9.30 Å². The molecule has 3 nitrogen and oxygen atoms in total. The Morgan fingerprint density at radius 2 is 2.23 bits per heavy atom. The summed E-state index contributed by atoms with van der Waals surface area (Å²) in [5.41, 5.74) is 0. The Kier molecular flexibility index (Phi) is 3.82. The number of anilines is 1. The fourth-order valence-corrected chi connectivity index (χ4v) is 1.58. The van der Waals surface area contributed by atoms with Crippen LogP contribution in [0.4, 0.5) is 5.82 Å². The van der Waals surface area contributed by atoms with E-state index in [4.69, 9.17) is 34.8 Å². The Balaban J connectivity index is 2.65. The predicted octanol–water partition coefficient (Wildman–Crippen LogP) is 3.21. The van der Waals surface area contributed by atoms with Crippen LogP contribution >= 0.6 is 62.1 Å². The van der Waals surface area contributed by atoms with Crippen LogP contribution in [0.2, 0.25) is 0 Å². The zero-order valence-electron chi connectivity index (χ0n) is 5.85. The van der Waals surface area contributed by atoms with Gasteiger partial charge in [0, 0.05) is 5.38 Å². The molecule has 1 rings (SSSR count). The maximum atomic E-state index is 11.1. The molecular formula is C5H2BrCl3N2OS. The van der Waals surface area contributed by atoms with E-state index in [1.54, 1.807) is 5.38 Å². The summed E-state index contributed by atoms with van der Waals surface area (Å²) in [5.74, 6) is -0.372. The van der Waals surface area contributed by atoms with Crippen molar-refractivity contribution in [1.29, 1.82) is 0 Å². The van der Waals surface area contributed by atoms with Crippen molar-refractivity contribution < 1.29 is 4.79 Å². The molecule has 0 aromatic carbocycles. The van der Waals surface area contributed by atoms with Gasteiger partial charge in [0.1, 0.15) is 5.82 Å². The second-order valence-electron chi connectivity index (χ2n) is 1.94. The first-order valence-electron chi connectivity index (χ1n) is 2.89. The first-order chi connectivity index (χ1) is 5.89. The van der Waals surface area contributed by atoms with Crippen LogP contribution in [0.5, 0.6) is 0 Å². The van der Waals surface area contributed by atoms with E-state index in [1.165, 1.54) is 11.3 Å². The molecule has 0 saturated carbocycles. The van der Waals surface area contributed by atoms with E-state index < -0.39 is 9.70 Å². The molecule has 1 aromatic heterocycles. The molecule has 0 bridgehead atoms. The summed E-state index contributed by atoms with van der Waals surface area (Å²) in [7, 11) is 0. The van der Waals surface area contributed by atoms with E-state index >= 15 is 0 Å². The molecule has 1 heterocycles. The van der Waals surface area contributed by atoms with Crippen molar-refractivity contribution in [3.8, 4) is 0 Å². The van der Waals surface area contributed by atoms with Gasteiger partial charge >= 0.3 is 0 Å². The lowest BCUT2D eigenvalue weighted by atomic mass is 10.6. The molecule has 0 atom stereocenters. The molecule has 0 saturated heterocycles. The summed E-state index contributed by atoms with van der Waals surface area (Å²) < 4.78 is -1.32. The van der Waals surface area contributed by atoms with Crippen LogP contribution in [0.3, 0.4) is 0 Å². The third kappa shape index (κ3) is 3.59. The van der Waals surface area contributed by atoms with Crippen LogP contribution in [0.25, 0.3) is 0 Å². The first kappa shape index (κ1) is 11.5. The summed E-state index contributed by atoms with van der Waals surface area (Å²) in [5, 5.41) is 3.96. The third-order valence-electron chi connectivity index (χ3n) is 0.975. The Hall–Kier alpha value is 0.450. The average molecular weight is 324 g/mol. The van der Waals surface area contributed by atoms with Gasteiger partial charge in [0.15, 0.2) is 3.92 Å². The predicted molar refractivity (Wildman–Crippen MR) is 58.7 cm³/mol. The number of alkyl halides is 3. The molecule has 0 unspecified atom stereocenters. The van der Waals surface area contributed by atoms with Crippen LogP contribution in [0, 0.1) is 0 Å². The zero-order chi connectivity index (χ0) is 10.1. The number of carbonyl (C=O) groups excluding carboxylic acids is 1. The summed E-state index contributed by atoms with van der Waals surface area (Å²) >= 11 is 20.4. The van der Waals surface area contributed by atoms with Gasteiger partial charge in [0.25, 0.3) is 9.70 Å². The SMILES string of the molecule is O=C(Nc1csc(Br)n1)C(Cl)(Cl)Cl. The van der Waals surface area contributed by atoms with Crippen molar-refractivity contribution in [1.82, 2.24) is 4.98 Å². The number of amides is 1. The maximum absolute atomic E-state index is 11.1. The molecule has 0 radical (unpaired) electrons. The molecule has 1 N–H and O–H groups in total. The molecule has 8 heteroatoms. The number of hydrogen-bond donors (Lipinski definition) is 1. The van der Waals surface area contributed by atoms with Gasteiger partial charge in [-0.3, -0.25) is 4.79 Å². The number of thiazole rings is 1. The lowest BCUT2D eigenvalue weighted by Crippen LogP contribution is -2.27. The lowest BCUT2D eigenvalue weighted by Gasteiger charge is -2.08. The molecule has 1 aromatic rings. The first-order valence-corrected chi connectivity index (χ1v) is 5.69. The van der Waals surface area contributed by atoms with Crippen molar-refractivity contribution in [2.75, 3.05) is 5.32 Å². The van der Waals surface area contributed by atoms with Gasteiger partial charge in [-0.05, 0) is 15.9 Å². The lowest BCUT2D eigenvalue weighted by molar-refractivity contribution is -0.115. The van der Waals surface area contributed by atoms with Crippen LogP contribution in [-0.2, 0) is 4.79 Å². The van der Waals surface area contributed by atoms with Gasteiger partial charge in [-0.25, -0.2) is 4.98 Å². The molecule has 0 aliphatic rings. The number of halogens is 4. The minimum atomic E-state index is -1.96. The topological polar surface area (TPSA) is 42.0 Å². The minimum Gasteiger partial charge on any atom is -0.306 e. The van der Waals surface area contributed by atoms with Crippen molar-refractivity contribution in [2.24, 2.45) is 0 Å². The molecule has 13 heavy (non-hydrogen) atoms. The van der Waals surface area contributed by atoms with E-state index in [0.29, 0.717) is 9.73 Å². The van der Waals surface area contributed by atoms with Gasteiger partial charge in [0.2, 0.25) is 0 Å². The van der Waals surface area contributed by atoms with E-state index in [2.05, 4.69) is 26.2 Å². The van der Waals surface area contributed by atoms with Gasteiger partial charge < -0.3 is 5.32 Å². The van der Waals surface area contributed by atoms with Crippen molar-refractivity contribution in [2.45, 2.75) is 3.79 Å². The fraction of sp³-hybridized carbons (Fsp3) is 0.200. The highest BCUT2D eigenvalue weighted by atomic mass is 79.9. The Bertz CT molecular complexity index is 324. The smallest absolute Gasteiger partial charge is 0.277 e. The number of carbonyl (C=O) groups is 1. The largest absolute Gasteiger partial charge is 0.306 e. The molecule has 72 valence electrons. The molecular weight excluding hydrogens is 322 g/mol. The highest BCUT2D eigenvalue weighted by Gasteiger charge is 2.30. The van der Waals surface area contributed by atoms with Crippen molar-refractivity contribution in [3.63, 3.8) is 0 Å². The molecule has 0 aliphatic heterocycles. The van der Waals surface area contributed by atoms with Crippen molar-refractivity contribution >= 4 is 73.8 Å². The second kappa shape index (κ2) is 4.31. The normalized spacial score (nSPS) is 11.4. The van der Waals surface area contributed by atoms with E-state index in [-0.39, 0.29) is 0 Å². The van der Waals surface area contributed by atoms with Gasteiger partial charge in [-0.2, -0.15) is 0 Å². The van der Waals surface area contributed by atoms with Gasteiger partial charge in [-0.15, -0.1) is 11.3 Å². The number of nitrogens with one attached hydrogen (secondary N) is 1. The van der Waals surface area contributed by atoms with E-state index in [9.17, 15) is 4.79 Å². The van der Waals surface area contributed by atoms with Crippen LogP contribution in [0.1, 0.15) is 0 Å². The van der Waals surface area contributed by atoms with Gasteiger partial charge in [-0.1, -0.05) is 34.8 Å². The fourth-order valence-electron chi connectivity index (χ4n) is 0.496. The highest BCUT2D eigenvalue weighted by molar-refractivity contribution is 9.11. The van der Waals surface area contributed by atoms with Crippen LogP contribution < -0.4 is 5.32 Å². The summed E-state index contributed by atoms with van der Waals surface area (Å²) in [4.78, 5) is 15.0. The summed E-state index contributed by atoms with van der Waals surface area (Å²) in [6, 6.07) is 0. The standard InChI is InChI=1S/C5H2BrCl3N2OS/c6-4-11-2(1-13-4)10-3(12)5(7,8)9/h1H,(H,10,12). The number of rotatable bonds is 1. The third-order valence-corrected chi connectivity index (χ3v) is 2.86. The van der Waals surface area contributed by atoms with Crippen LogP contribution in [0.15, 0.2) is 9.30 Å².